The van der Waals surface area contributed by atoms with Crippen LogP contribution in [-0.2, 0) is 7.05 Å². The van der Waals surface area contributed by atoms with Crippen LogP contribution in [0, 0.1) is 18.7 Å². The van der Waals surface area contributed by atoms with Crippen molar-refractivity contribution in [1.82, 2.24) is 19.6 Å². The first kappa shape index (κ1) is 31.2. The Morgan fingerprint density at radius 1 is 1.15 bits per heavy atom. The predicted molar refractivity (Wildman–Crippen MR) is 169 cm³/mol. The number of aryl methyl sites for hydroxylation is 2. The minimum absolute atomic E-state index is 0.319. The van der Waals surface area contributed by atoms with Crippen LogP contribution in [-0.4, -0.2) is 53.3 Å². The van der Waals surface area contributed by atoms with Gasteiger partial charge in [0.2, 0.25) is 0 Å². The number of hydrogen-bond donors (Lipinski definition) is 2. The van der Waals surface area contributed by atoms with Crippen molar-refractivity contribution < 1.29 is 4.39 Å². The Hall–Kier alpha value is -3.32. The molecule has 1 aromatic heterocycles. The quantitative estimate of drug-likeness (QED) is 0.268. The summed E-state index contributed by atoms with van der Waals surface area (Å²) >= 11 is 0. The lowest BCUT2D eigenvalue weighted by Gasteiger charge is -2.23. The minimum atomic E-state index is -0.319. The van der Waals surface area contributed by atoms with Gasteiger partial charge in [-0.3, -0.25) is 4.68 Å². The number of rotatable bonds is 12. The molecule has 1 aliphatic rings. The van der Waals surface area contributed by atoms with Crippen LogP contribution in [0.5, 0.6) is 0 Å². The van der Waals surface area contributed by atoms with Gasteiger partial charge in [0.05, 0.1) is 11.4 Å². The molecule has 0 aliphatic carbocycles. The third-order valence-electron chi connectivity index (χ3n) is 7.95. The highest BCUT2D eigenvalue weighted by atomic mass is 19.1. The van der Waals surface area contributed by atoms with Crippen LogP contribution in [0.25, 0.3) is 5.70 Å². The van der Waals surface area contributed by atoms with Crippen LogP contribution >= 0.6 is 0 Å². The number of allylic oxidation sites excluding steroid dienone is 4. The highest BCUT2D eigenvalue weighted by Crippen LogP contribution is 2.32. The zero-order valence-electron chi connectivity index (χ0n) is 25.7. The number of hydrogen-bond acceptors (Lipinski definition) is 5. The fraction of sp³-hybridized carbons (Fsp3) is 0.485. The largest absolute Gasteiger partial charge is 0.378 e. The van der Waals surface area contributed by atoms with E-state index in [9.17, 15) is 4.39 Å². The summed E-state index contributed by atoms with van der Waals surface area (Å²) in [5.41, 5.74) is 8.17. The van der Waals surface area contributed by atoms with E-state index < -0.39 is 0 Å². The number of anilines is 2. The van der Waals surface area contributed by atoms with Gasteiger partial charge in [-0.1, -0.05) is 20.1 Å². The second-order valence-electron chi connectivity index (χ2n) is 11.4. The molecule has 2 N–H and O–H groups in total. The second-order valence-corrected chi connectivity index (χ2v) is 11.4. The molecule has 0 amide bonds. The van der Waals surface area contributed by atoms with E-state index in [4.69, 9.17) is 0 Å². The molecular formula is C33H49FN6. The molecular weight excluding hydrogens is 499 g/mol. The SMILES string of the molecule is C=C(Nc1ccc(F)cc1C(=C)Nc1cn(C)nc1C)/C(C)=C(/C=C(\C)N(C)CCC)CC1CCCN(C)CC1. The highest BCUT2D eigenvalue weighted by molar-refractivity contribution is 5.83. The Balaban J connectivity index is 1.90. The number of likely N-dealkylation sites (tertiary alicyclic amines) is 1. The Bertz CT molecular complexity index is 1250. The molecule has 1 saturated heterocycles. The van der Waals surface area contributed by atoms with E-state index in [2.05, 4.69) is 79.6 Å². The van der Waals surface area contributed by atoms with Gasteiger partial charge in [0.15, 0.2) is 0 Å². The third kappa shape index (κ3) is 8.59. The normalized spacial score (nSPS) is 17.2. The Morgan fingerprint density at radius 3 is 2.58 bits per heavy atom. The van der Waals surface area contributed by atoms with Crippen LogP contribution in [0.1, 0.15) is 64.1 Å². The van der Waals surface area contributed by atoms with Gasteiger partial charge in [-0.25, -0.2) is 4.39 Å². The Labute approximate surface area is 241 Å². The van der Waals surface area contributed by atoms with Crippen molar-refractivity contribution in [1.29, 1.82) is 0 Å². The standard InChI is InChI=1S/C33H49FN6/c1-10-16-39(8)23(2)19-29(20-28-12-11-17-38(7)18-15-28)24(3)25(4)35-32-14-13-30(34)21-31(32)26(5)36-33-22-40(9)37-27(33)6/h13-14,19,21-22,28,35-36H,4-5,10-12,15-18,20H2,1-3,6-9H3/b23-19+,29-24-. The minimum Gasteiger partial charge on any atom is -0.378 e. The van der Waals surface area contributed by atoms with Crippen LogP contribution < -0.4 is 10.6 Å². The van der Waals surface area contributed by atoms with Crippen molar-refractivity contribution in [2.45, 2.75) is 59.8 Å². The first-order chi connectivity index (χ1) is 19.0. The van der Waals surface area contributed by atoms with E-state index in [0.29, 0.717) is 17.2 Å². The van der Waals surface area contributed by atoms with Crippen molar-refractivity contribution in [2.24, 2.45) is 13.0 Å². The zero-order valence-corrected chi connectivity index (χ0v) is 25.7. The van der Waals surface area contributed by atoms with Gasteiger partial charge >= 0.3 is 0 Å². The summed E-state index contributed by atoms with van der Waals surface area (Å²) in [6.45, 7) is 20.4. The number of nitrogens with one attached hydrogen (secondary N) is 2. The van der Waals surface area contributed by atoms with Crippen LogP contribution in [0.4, 0.5) is 15.8 Å². The summed E-state index contributed by atoms with van der Waals surface area (Å²) in [6, 6.07) is 4.72. The molecule has 0 spiro atoms. The molecule has 0 saturated carbocycles. The number of halogens is 1. The van der Waals surface area contributed by atoms with Crippen LogP contribution in [0.3, 0.4) is 0 Å². The summed E-state index contributed by atoms with van der Waals surface area (Å²) in [5, 5.41) is 11.2. The fourth-order valence-corrected chi connectivity index (χ4v) is 5.30. The smallest absolute Gasteiger partial charge is 0.124 e. The molecule has 3 rings (SSSR count). The molecule has 6 nitrogen and oxygen atoms in total. The van der Waals surface area contributed by atoms with E-state index in [1.165, 1.54) is 49.2 Å². The molecule has 1 unspecified atom stereocenters. The molecule has 1 atom stereocenters. The second kappa shape index (κ2) is 14.4. The van der Waals surface area contributed by atoms with Crippen molar-refractivity contribution in [3.63, 3.8) is 0 Å². The van der Waals surface area contributed by atoms with Gasteiger partial charge in [0.25, 0.3) is 0 Å². The number of nitrogens with zero attached hydrogens (tertiary/aromatic N) is 4. The van der Waals surface area contributed by atoms with Gasteiger partial charge < -0.3 is 20.4 Å². The molecule has 2 aromatic rings. The summed E-state index contributed by atoms with van der Waals surface area (Å²) < 4.78 is 16.1. The first-order valence-corrected chi connectivity index (χ1v) is 14.5. The molecule has 2 heterocycles. The van der Waals surface area contributed by atoms with E-state index >= 15 is 0 Å². The molecule has 0 radical (unpaired) electrons. The van der Waals surface area contributed by atoms with Gasteiger partial charge in [-0.15, -0.1) is 0 Å². The summed E-state index contributed by atoms with van der Waals surface area (Å²) in [4.78, 5) is 4.76. The van der Waals surface area contributed by atoms with E-state index in [0.717, 1.165) is 54.3 Å². The molecule has 1 fully saturated rings. The number of benzene rings is 1. The highest BCUT2D eigenvalue weighted by Gasteiger charge is 2.19. The first-order valence-electron chi connectivity index (χ1n) is 14.5. The zero-order chi connectivity index (χ0) is 29.4. The van der Waals surface area contributed by atoms with E-state index in [1.807, 2.05) is 20.2 Å². The summed E-state index contributed by atoms with van der Waals surface area (Å²) in [7, 11) is 6.25. The lowest BCUT2D eigenvalue weighted by atomic mass is 9.89. The van der Waals surface area contributed by atoms with Crippen LogP contribution in [0.2, 0.25) is 0 Å². The Morgan fingerprint density at radius 2 is 1.90 bits per heavy atom. The molecule has 7 heteroatoms. The summed E-state index contributed by atoms with van der Waals surface area (Å²) in [6.07, 6.45) is 10.0. The number of aromatic nitrogens is 2. The van der Waals surface area contributed by atoms with Crippen molar-refractivity contribution in [2.75, 3.05) is 44.4 Å². The summed E-state index contributed by atoms with van der Waals surface area (Å²) in [5.74, 6) is 0.317. The van der Waals surface area contributed by atoms with Crippen LogP contribution in [0.15, 0.2) is 66.2 Å². The maximum atomic E-state index is 14.4. The van der Waals surface area contributed by atoms with Crippen molar-refractivity contribution >= 4 is 17.1 Å². The third-order valence-corrected chi connectivity index (χ3v) is 7.95. The molecule has 218 valence electrons. The van der Waals surface area contributed by atoms with Gasteiger partial charge in [-0.05, 0) is 114 Å². The topological polar surface area (TPSA) is 48.4 Å². The molecule has 0 bridgehead atoms. The van der Waals surface area contributed by atoms with Crippen molar-refractivity contribution in [3.8, 4) is 0 Å². The Kier molecular flexibility index (Phi) is 11.2. The molecule has 40 heavy (non-hydrogen) atoms. The van der Waals surface area contributed by atoms with Gasteiger partial charge in [0.1, 0.15) is 5.82 Å². The lowest BCUT2D eigenvalue weighted by Crippen LogP contribution is -2.19. The molecule has 1 aromatic carbocycles. The monoisotopic (exact) mass is 548 g/mol. The van der Waals surface area contributed by atoms with Gasteiger partial charge in [0, 0.05) is 55.2 Å². The van der Waals surface area contributed by atoms with Gasteiger partial charge in [-0.2, -0.15) is 5.10 Å². The average Bonchev–Trinajstić information content (AvgIpc) is 3.08. The van der Waals surface area contributed by atoms with E-state index in [-0.39, 0.29) is 5.82 Å². The van der Waals surface area contributed by atoms with Crippen molar-refractivity contribution in [3.05, 3.63) is 83.2 Å². The average molecular weight is 549 g/mol. The maximum absolute atomic E-state index is 14.4. The lowest BCUT2D eigenvalue weighted by molar-refractivity contribution is 0.341. The molecule has 1 aliphatic heterocycles. The van der Waals surface area contributed by atoms with E-state index in [1.54, 1.807) is 10.7 Å². The maximum Gasteiger partial charge on any atom is 0.124 e. The predicted octanol–water partition coefficient (Wildman–Crippen LogP) is 7.56. The fourth-order valence-electron chi connectivity index (χ4n) is 5.30.